The van der Waals surface area contributed by atoms with Crippen LogP contribution in [0, 0.1) is 5.82 Å². The van der Waals surface area contributed by atoms with Gasteiger partial charge in [-0.15, -0.1) is 11.8 Å². The molecule has 0 spiro atoms. The molecule has 1 aromatic heterocycles. The Morgan fingerprint density at radius 1 is 1.15 bits per heavy atom. The first-order valence-corrected chi connectivity index (χ1v) is 8.76. The van der Waals surface area contributed by atoms with Gasteiger partial charge in [-0.2, -0.15) is 13.2 Å². The molecular formula is C18H14F4N2OS. The van der Waals surface area contributed by atoms with Gasteiger partial charge >= 0.3 is 6.18 Å². The molecule has 0 atom stereocenters. The zero-order valence-corrected chi connectivity index (χ0v) is 14.5. The maximum absolute atomic E-state index is 13.6. The van der Waals surface area contributed by atoms with Crippen molar-refractivity contribution in [1.29, 1.82) is 0 Å². The minimum absolute atomic E-state index is 0.0259. The van der Waals surface area contributed by atoms with Gasteiger partial charge in [-0.05, 0) is 47.7 Å². The van der Waals surface area contributed by atoms with Crippen LogP contribution in [0.5, 0.6) is 0 Å². The van der Waals surface area contributed by atoms with Crippen LogP contribution in [0.15, 0.2) is 52.4 Å². The molecule has 26 heavy (non-hydrogen) atoms. The molecule has 0 N–H and O–H groups in total. The minimum Gasteiger partial charge on any atom is -0.294 e. The van der Waals surface area contributed by atoms with Gasteiger partial charge in [0.1, 0.15) is 5.82 Å². The number of hydrogen-bond donors (Lipinski definition) is 0. The molecule has 1 heterocycles. The van der Waals surface area contributed by atoms with Gasteiger partial charge in [0.25, 0.3) is 5.56 Å². The van der Waals surface area contributed by atoms with Gasteiger partial charge in [-0.25, -0.2) is 9.37 Å². The summed E-state index contributed by atoms with van der Waals surface area (Å²) in [6.45, 7) is 1.97. The fraction of sp³-hybridized carbons (Fsp3) is 0.222. The Hall–Kier alpha value is -2.35. The van der Waals surface area contributed by atoms with Crippen LogP contribution in [0.25, 0.3) is 10.9 Å². The van der Waals surface area contributed by atoms with Gasteiger partial charge in [-0.1, -0.05) is 6.92 Å². The summed E-state index contributed by atoms with van der Waals surface area (Å²) in [5.41, 5.74) is -0.749. The summed E-state index contributed by atoms with van der Waals surface area (Å²) in [5.74, 6) is 0.319. The summed E-state index contributed by atoms with van der Waals surface area (Å²) < 4.78 is 53.5. The van der Waals surface area contributed by atoms with E-state index in [2.05, 4.69) is 4.98 Å². The Bertz CT molecular complexity index is 1010. The van der Waals surface area contributed by atoms with Gasteiger partial charge in [0, 0.05) is 4.90 Å². The topological polar surface area (TPSA) is 34.9 Å². The lowest BCUT2D eigenvalue weighted by molar-refractivity contribution is -0.137. The van der Waals surface area contributed by atoms with Crippen molar-refractivity contribution < 1.29 is 17.6 Å². The van der Waals surface area contributed by atoms with E-state index in [-0.39, 0.29) is 17.4 Å². The van der Waals surface area contributed by atoms with Gasteiger partial charge in [-0.3, -0.25) is 9.36 Å². The zero-order chi connectivity index (χ0) is 18.9. The molecule has 136 valence electrons. The first kappa shape index (κ1) is 18.4. The standard InChI is InChI=1S/C18H14F4N2OS/c1-2-26-16-6-4-13(19)7-11(16)9-24-10-23-15-5-3-12(18(20,21)22)8-14(15)17(24)25/h3-8,10H,2,9H2,1H3. The Morgan fingerprint density at radius 2 is 1.92 bits per heavy atom. The molecule has 3 aromatic rings. The summed E-state index contributed by atoms with van der Waals surface area (Å²) in [4.78, 5) is 17.5. The van der Waals surface area contributed by atoms with Gasteiger partial charge in [0.15, 0.2) is 0 Å². The third-order valence-corrected chi connectivity index (χ3v) is 4.81. The maximum atomic E-state index is 13.6. The second-order valence-corrected chi connectivity index (χ2v) is 6.90. The first-order valence-electron chi connectivity index (χ1n) is 7.77. The monoisotopic (exact) mass is 382 g/mol. The van der Waals surface area contributed by atoms with E-state index in [4.69, 9.17) is 0 Å². The highest BCUT2D eigenvalue weighted by Crippen LogP contribution is 2.30. The summed E-state index contributed by atoms with van der Waals surface area (Å²) in [7, 11) is 0. The third kappa shape index (κ3) is 3.75. The molecule has 2 aromatic carbocycles. The van der Waals surface area contributed by atoms with E-state index in [1.54, 1.807) is 6.07 Å². The molecule has 3 nitrogen and oxygen atoms in total. The first-order chi connectivity index (χ1) is 12.3. The molecule has 0 radical (unpaired) electrons. The molecule has 0 saturated carbocycles. The van der Waals surface area contributed by atoms with E-state index in [0.717, 1.165) is 22.8 Å². The van der Waals surface area contributed by atoms with Crippen LogP contribution in [0.2, 0.25) is 0 Å². The summed E-state index contributed by atoms with van der Waals surface area (Å²) in [5, 5.41) is -0.122. The molecule has 0 unspecified atom stereocenters. The maximum Gasteiger partial charge on any atom is 0.416 e. The Balaban J connectivity index is 2.08. The average molecular weight is 382 g/mol. The van der Waals surface area contributed by atoms with Crippen LogP contribution < -0.4 is 5.56 Å². The van der Waals surface area contributed by atoms with Crippen molar-refractivity contribution in [1.82, 2.24) is 9.55 Å². The third-order valence-electron chi connectivity index (χ3n) is 3.81. The number of thioether (sulfide) groups is 1. The van der Waals surface area contributed by atoms with Crippen molar-refractivity contribution in [3.63, 3.8) is 0 Å². The molecule has 0 amide bonds. The average Bonchev–Trinajstić information content (AvgIpc) is 2.59. The molecule has 0 saturated heterocycles. The van der Waals surface area contributed by atoms with Crippen LogP contribution in [0.1, 0.15) is 18.1 Å². The summed E-state index contributed by atoms with van der Waals surface area (Å²) in [6.07, 6.45) is -3.28. The summed E-state index contributed by atoms with van der Waals surface area (Å²) >= 11 is 1.49. The van der Waals surface area contributed by atoms with E-state index in [9.17, 15) is 22.4 Å². The van der Waals surface area contributed by atoms with Crippen molar-refractivity contribution in [3.8, 4) is 0 Å². The second kappa shape index (κ2) is 7.11. The quantitative estimate of drug-likeness (QED) is 0.484. The van der Waals surface area contributed by atoms with Crippen molar-refractivity contribution >= 4 is 22.7 Å². The highest BCUT2D eigenvalue weighted by molar-refractivity contribution is 7.99. The van der Waals surface area contributed by atoms with Crippen LogP contribution in [0.4, 0.5) is 17.6 Å². The Morgan fingerprint density at radius 3 is 2.62 bits per heavy atom. The molecule has 0 fully saturated rings. The number of nitrogens with zero attached hydrogens (tertiary/aromatic N) is 2. The van der Waals surface area contributed by atoms with Gasteiger partial charge < -0.3 is 0 Å². The molecule has 3 rings (SSSR count). The van der Waals surface area contributed by atoms with Crippen molar-refractivity contribution in [3.05, 3.63) is 70.0 Å². The smallest absolute Gasteiger partial charge is 0.294 e. The van der Waals surface area contributed by atoms with E-state index in [1.807, 2.05) is 6.92 Å². The number of fused-ring (bicyclic) bond motifs is 1. The normalized spacial score (nSPS) is 11.9. The lowest BCUT2D eigenvalue weighted by Crippen LogP contribution is -2.22. The number of halogens is 4. The number of aromatic nitrogens is 2. The highest BCUT2D eigenvalue weighted by atomic mass is 32.2. The number of alkyl halides is 3. The highest BCUT2D eigenvalue weighted by Gasteiger charge is 2.30. The van der Waals surface area contributed by atoms with Crippen LogP contribution >= 0.6 is 11.8 Å². The molecule has 0 bridgehead atoms. The summed E-state index contributed by atoms with van der Waals surface area (Å²) in [6, 6.07) is 7.14. The predicted molar refractivity (Wildman–Crippen MR) is 92.9 cm³/mol. The molecule has 0 aliphatic heterocycles. The molecular weight excluding hydrogens is 368 g/mol. The predicted octanol–water partition coefficient (Wildman–Crippen LogP) is 4.71. The van der Waals surface area contributed by atoms with Crippen LogP contribution in [-0.2, 0) is 12.7 Å². The number of benzene rings is 2. The van der Waals surface area contributed by atoms with Gasteiger partial charge in [0.2, 0.25) is 0 Å². The lowest BCUT2D eigenvalue weighted by Gasteiger charge is -2.12. The molecule has 0 aliphatic carbocycles. The molecule has 8 heteroatoms. The minimum atomic E-state index is -4.55. The molecule has 0 aliphatic rings. The van der Waals surface area contributed by atoms with E-state index < -0.39 is 23.1 Å². The fourth-order valence-corrected chi connectivity index (χ4v) is 3.38. The Kier molecular flexibility index (Phi) is 5.04. The number of rotatable bonds is 4. The van der Waals surface area contributed by atoms with E-state index in [1.165, 1.54) is 40.9 Å². The van der Waals surface area contributed by atoms with E-state index >= 15 is 0 Å². The largest absolute Gasteiger partial charge is 0.416 e. The van der Waals surface area contributed by atoms with Gasteiger partial charge in [0.05, 0.1) is 29.3 Å². The zero-order valence-electron chi connectivity index (χ0n) is 13.7. The second-order valence-electron chi connectivity index (χ2n) is 5.59. The number of hydrogen-bond acceptors (Lipinski definition) is 3. The van der Waals surface area contributed by atoms with Crippen LogP contribution in [-0.4, -0.2) is 15.3 Å². The van der Waals surface area contributed by atoms with Crippen LogP contribution in [0.3, 0.4) is 0 Å². The van der Waals surface area contributed by atoms with E-state index in [0.29, 0.717) is 5.56 Å². The Labute approximate surface area is 150 Å². The van der Waals surface area contributed by atoms with Crippen molar-refractivity contribution in [2.45, 2.75) is 24.5 Å². The lowest BCUT2D eigenvalue weighted by atomic mass is 10.1. The fourth-order valence-electron chi connectivity index (χ4n) is 2.60. The van der Waals surface area contributed by atoms with Crippen molar-refractivity contribution in [2.24, 2.45) is 0 Å². The van der Waals surface area contributed by atoms with Crippen molar-refractivity contribution in [2.75, 3.05) is 5.75 Å². The SMILES string of the molecule is CCSc1ccc(F)cc1Cn1cnc2ccc(C(F)(F)F)cc2c1=O.